The topological polar surface area (TPSA) is 78.6 Å². The van der Waals surface area contributed by atoms with Crippen molar-refractivity contribution in [2.24, 2.45) is 4.99 Å². The molecule has 0 amide bonds. The van der Waals surface area contributed by atoms with Crippen molar-refractivity contribution in [3.8, 4) is 0 Å². The molecule has 1 heterocycles. The molecular weight excluding hydrogens is 256 g/mol. The summed E-state index contributed by atoms with van der Waals surface area (Å²) in [5.41, 5.74) is 0.281. The fraction of sp³-hybridized carbons (Fsp3) is 0.769. The Hall–Kier alpha value is -1.79. The van der Waals surface area contributed by atoms with Crippen molar-refractivity contribution < 1.29 is 5.21 Å². The van der Waals surface area contributed by atoms with Crippen molar-refractivity contribution in [2.45, 2.75) is 40.5 Å². The summed E-state index contributed by atoms with van der Waals surface area (Å²) in [4.78, 5) is 15.0. The third-order valence-corrected chi connectivity index (χ3v) is 2.88. The molecule has 0 radical (unpaired) electrons. The Morgan fingerprint density at radius 2 is 2.00 bits per heavy atom. The highest BCUT2D eigenvalue weighted by Crippen LogP contribution is 2.09. The molecule has 1 aromatic rings. The van der Waals surface area contributed by atoms with Crippen molar-refractivity contribution in [1.82, 2.24) is 14.7 Å². The molecule has 0 saturated heterocycles. The lowest BCUT2D eigenvalue weighted by molar-refractivity contribution is 0.168. The van der Waals surface area contributed by atoms with E-state index >= 15 is 0 Å². The average Bonchev–Trinajstić information content (AvgIpc) is 2.45. The van der Waals surface area contributed by atoms with Gasteiger partial charge < -0.3 is 15.4 Å². The van der Waals surface area contributed by atoms with Gasteiger partial charge in [-0.05, 0) is 27.2 Å². The molecule has 0 unspecified atom stereocenters. The van der Waals surface area contributed by atoms with E-state index in [1.807, 2.05) is 13.8 Å². The van der Waals surface area contributed by atoms with Crippen LogP contribution < -0.4 is 15.8 Å². The molecule has 1 rings (SSSR count). The van der Waals surface area contributed by atoms with Crippen LogP contribution in [-0.4, -0.2) is 46.1 Å². The summed E-state index contributed by atoms with van der Waals surface area (Å²) in [6.45, 7) is 11.0. The van der Waals surface area contributed by atoms with E-state index in [1.54, 1.807) is 0 Å². The predicted octanol–water partition coefficient (Wildman–Crippen LogP) is 1.49. The van der Waals surface area contributed by atoms with Crippen molar-refractivity contribution in [3.05, 3.63) is 5.62 Å². The fourth-order valence-electron chi connectivity index (χ4n) is 1.80. The van der Waals surface area contributed by atoms with Crippen LogP contribution >= 0.6 is 0 Å². The van der Waals surface area contributed by atoms with Gasteiger partial charge in [0.2, 0.25) is 11.9 Å². The molecule has 0 aromatic carbocycles. The highest BCUT2D eigenvalue weighted by Gasteiger charge is 2.12. The molecule has 1 aromatic heterocycles. The molecule has 7 heteroatoms. The third-order valence-electron chi connectivity index (χ3n) is 2.88. The first-order valence-electron chi connectivity index (χ1n) is 7.37. The second-order valence-corrected chi connectivity index (χ2v) is 4.40. The Morgan fingerprint density at radius 3 is 2.55 bits per heavy atom. The zero-order valence-electron chi connectivity index (χ0n) is 12.9. The molecule has 0 aliphatic heterocycles. The summed E-state index contributed by atoms with van der Waals surface area (Å²) in [5.74, 6) is 0.981. The number of rotatable bonds is 8. The zero-order chi connectivity index (χ0) is 15.0. The van der Waals surface area contributed by atoms with Gasteiger partial charge in [0.25, 0.3) is 5.62 Å². The lowest BCUT2D eigenvalue weighted by atomic mass is 10.3. The number of aromatic nitrogens is 3. The first kappa shape index (κ1) is 16.3. The number of unbranched alkanes of at least 4 members (excludes halogenated alkanes) is 1. The van der Waals surface area contributed by atoms with Gasteiger partial charge in [-0.2, -0.15) is 9.97 Å². The minimum absolute atomic E-state index is 0.281. The van der Waals surface area contributed by atoms with Crippen molar-refractivity contribution in [1.29, 1.82) is 0 Å². The summed E-state index contributed by atoms with van der Waals surface area (Å²) in [5, 5.41) is 13.0. The lowest BCUT2D eigenvalue weighted by Crippen LogP contribution is -2.33. The van der Waals surface area contributed by atoms with Gasteiger partial charge in [-0.25, -0.2) is 4.99 Å². The van der Waals surface area contributed by atoms with Gasteiger partial charge in [-0.1, -0.05) is 13.3 Å². The van der Waals surface area contributed by atoms with Crippen LogP contribution in [0.25, 0.3) is 0 Å². The predicted molar refractivity (Wildman–Crippen MR) is 80.3 cm³/mol. The molecule has 0 atom stereocenters. The van der Waals surface area contributed by atoms with E-state index in [1.165, 1.54) is 0 Å². The summed E-state index contributed by atoms with van der Waals surface area (Å²) in [7, 11) is 0. The molecule has 0 bridgehead atoms. The van der Waals surface area contributed by atoms with E-state index < -0.39 is 0 Å². The number of hydrogen-bond acceptors (Lipinski definition) is 6. The Kier molecular flexibility index (Phi) is 6.83. The normalized spacial score (nSPS) is 11.7. The largest absolute Gasteiger partial charge is 0.422 e. The summed E-state index contributed by atoms with van der Waals surface area (Å²) >= 11 is 0. The summed E-state index contributed by atoms with van der Waals surface area (Å²) in [6.07, 6.45) is 2.21. The van der Waals surface area contributed by atoms with Gasteiger partial charge in [0.15, 0.2) is 0 Å². The minimum Gasteiger partial charge on any atom is -0.422 e. The van der Waals surface area contributed by atoms with Crippen LogP contribution in [0.5, 0.6) is 0 Å². The second-order valence-electron chi connectivity index (χ2n) is 4.40. The highest BCUT2D eigenvalue weighted by atomic mass is 16.5. The van der Waals surface area contributed by atoms with Gasteiger partial charge in [0.1, 0.15) is 0 Å². The monoisotopic (exact) mass is 282 g/mol. The first-order valence-corrected chi connectivity index (χ1v) is 7.37. The van der Waals surface area contributed by atoms with Gasteiger partial charge in [0, 0.05) is 26.2 Å². The smallest absolute Gasteiger partial charge is 0.265 e. The van der Waals surface area contributed by atoms with Crippen molar-refractivity contribution in [3.63, 3.8) is 0 Å². The standard InChI is InChI=1S/C13H26N6O/c1-5-9-10-18(8-4)13-16-11(14-6-2)19(20)12(17-13)15-7-3/h20H,5-10H2,1-4H3,(H,14,15,16,17). The van der Waals surface area contributed by atoms with Crippen LogP contribution in [0.2, 0.25) is 0 Å². The molecule has 2 N–H and O–H groups in total. The van der Waals surface area contributed by atoms with E-state index in [2.05, 4.69) is 39.0 Å². The van der Waals surface area contributed by atoms with Crippen LogP contribution in [0.3, 0.4) is 0 Å². The maximum absolute atomic E-state index is 10.0. The van der Waals surface area contributed by atoms with Gasteiger partial charge in [-0.15, -0.1) is 4.73 Å². The molecule has 0 spiro atoms. The lowest BCUT2D eigenvalue weighted by Gasteiger charge is -2.21. The quantitative estimate of drug-likeness (QED) is 0.706. The maximum Gasteiger partial charge on any atom is 0.265 e. The molecule has 0 aliphatic rings. The SMILES string of the molecule is CCCCN(CC)c1nc(NCC)n(O)c(=NCC)n1. The van der Waals surface area contributed by atoms with Crippen LogP contribution in [0, 0.1) is 0 Å². The van der Waals surface area contributed by atoms with E-state index in [4.69, 9.17) is 0 Å². The number of hydrogen-bond donors (Lipinski definition) is 2. The number of nitrogens with one attached hydrogen (secondary N) is 1. The van der Waals surface area contributed by atoms with E-state index in [9.17, 15) is 5.21 Å². The number of anilines is 2. The summed E-state index contributed by atoms with van der Waals surface area (Å²) in [6, 6.07) is 0. The minimum atomic E-state index is 0.281. The van der Waals surface area contributed by atoms with Crippen molar-refractivity contribution >= 4 is 11.9 Å². The van der Waals surface area contributed by atoms with Crippen LogP contribution in [-0.2, 0) is 0 Å². The van der Waals surface area contributed by atoms with Crippen molar-refractivity contribution in [2.75, 3.05) is 36.4 Å². The molecule has 0 saturated carbocycles. The highest BCUT2D eigenvalue weighted by molar-refractivity contribution is 5.35. The Morgan fingerprint density at radius 1 is 1.25 bits per heavy atom. The molecule has 20 heavy (non-hydrogen) atoms. The van der Waals surface area contributed by atoms with E-state index in [-0.39, 0.29) is 5.62 Å². The molecule has 114 valence electrons. The first-order chi connectivity index (χ1) is 9.67. The number of nitrogens with zero attached hydrogens (tertiary/aromatic N) is 5. The molecular formula is C13H26N6O. The zero-order valence-corrected chi connectivity index (χ0v) is 12.9. The maximum atomic E-state index is 10.0. The van der Waals surface area contributed by atoms with Gasteiger partial charge in [-0.3, -0.25) is 0 Å². The average molecular weight is 282 g/mol. The van der Waals surface area contributed by atoms with E-state index in [0.29, 0.717) is 25.0 Å². The van der Waals surface area contributed by atoms with Gasteiger partial charge >= 0.3 is 0 Å². The molecule has 0 fully saturated rings. The fourth-order valence-corrected chi connectivity index (χ4v) is 1.80. The Bertz CT molecular complexity index is 470. The van der Waals surface area contributed by atoms with Crippen LogP contribution in [0.1, 0.15) is 40.5 Å². The van der Waals surface area contributed by atoms with E-state index in [0.717, 1.165) is 30.7 Å². The van der Waals surface area contributed by atoms with Crippen LogP contribution in [0.4, 0.5) is 11.9 Å². The summed E-state index contributed by atoms with van der Waals surface area (Å²) < 4.78 is 0.907. The van der Waals surface area contributed by atoms with Crippen LogP contribution in [0.15, 0.2) is 4.99 Å². The molecule has 7 nitrogen and oxygen atoms in total. The second kappa shape index (κ2) is 8.39. The molecule has 0 aliphatic carbocycles. The third kappa shape index (κ3) is 4.11. The van der Waals surface area contributed by atoms with Gasteiger partial charge in [0.05, 0.1) is 0 Å². The Balaban J connectivity index is 3.21. The Labute approximate surface area is 120 Å².